The summed E-state index contributed by atoms with van der Waals surface area (Å²) in [6.07, 6.45) is 3.71. The van der Waals surface area contributed by atoms with Crippen LogP contribution in [0.2, 0.25) is 0 Å². The molecule has 1 N–H and O–H groups in total. The van der Waals surface area contributed by atoms with Crippen molar-refractivity contribution in [3.63, 3.8) is 0 Å². The first-order valence-corrected chi connectivity index (χ1v) is 21.5. The van der Waals surface area contributed by atoms with Crippen LogP contribution in [0.15, 0.2) is 156 Å². The molecule has 8 rings (SSSR count). The van der Waals surface area contributed by atoms with E-state index >= 15 is 0 Å². The fourth-order valence-electron chi connectivity index (χ4n) is 7.66. The summed E-state index contributed by atoms with van der Waals surface area (Å²) in [6, 6.07) is 48.9. The first kappa shape index (κ1) is 39.0. The van der Waals surface area contributed by atoms with Gasteiger partial charge in [0, 0.05) is 35.9 Å². The fraction of sp³-hybridized carbons (Fsp3) is 0.208. The van der Waals surface area contributed by atoms with Crippen LogP contribution in [0.25, 0.3) is 55.7 Å². The minimum atomic E-state index is -1.18. The van der Waals surface area contributed by atoms with E-state index in [0.717, 1.165) is 49.8 Å². The molecular weight excluding hydrogens is 728 g/mol. The highest BCUT2D eigenvalue weighted by Crippen LogP contribution is 2.44. The van der Waals surface area contributed by atoms with Crippen molar-refractivity contribution in [2.45, 2.75) is 72.1 Å². The molecule has 1 atom stereocenters. The molecule has 0 bridgehead atoms. The Morgan fingerprint density at radius 1 is 0.586 bits per heavy atom. The van der Waals surface area contributed by atoms with Crippen LogP contribution in [0.5, 0.6) is 5.75 Å². The Morgan fingerprint density at radius 2 is 1.24 bits per heavy atom. The Labute approximate surface area is 344 Å². The third-order valence-electron chi connectivity index (χ3n) is 11.0. The Kier molecular flexibility index (Phi) is 10.4. The van der Waals surface area contributed by atoms with Crippen LogP contribution in [0.1, 0.15) is 78.0 Å². The van der Waals surface area contributed by atoms with Gasteiger partial charge in [0.15, 0.2) is 0 Å². The van der Waals surface area contributed by atoms with Gasteiger partial charge >= 0.3 is 0 Å². The normalized spacial score (nSPS) is 12.6. The summed E-state index contributed by atoms with van der Waals surface area (Å²) < 4.78 is 6.50. The molecule has 3 aromatic heterocycles. The highest BCUT2D eigenvalue weighted by molar-refractivity contribution is 7.80. The average Bonchev–Trinajstić information content (AvgIpc) is 3.71. The summed E-state index contributed by atoms with van der Waals surface area (Å²) >= 11 is 0. The second-order valence-electron chi connectivity index (χ2n) is 17.6. The summed E-state index contributed by atoms with van der Waals surface area (Å²) in [5, 5.41) is 14.6. The highest BCUT2D eigenvalue weighted by Gasteiger charge is 2.29. The lowest BCUT2D eigenvalue weighted by molar-refractivity contribution is 0.477. The summed E-state index contributed by atoms with van der Waals surface area (Å²) in [6.45, 7) is 18.1. The molecule has 5 aromatic carbocycles. The van der Waals surface area contributed by atoms with Crippen molar-refractivity contribution < 1.29 is 9.52 Å². The number of pyridine rings is 2. The molecule has 0 radical (unpaired) electrons. The molecule has 5 heteroatoms. The molecule has 3 heterocycles. The summed E-state index contributed by atoms with van der Waals surface area (Å²) in [5.41, 5.74) is 13.4. The molecule has 0 spiro atoms. The largest absolute Gasteiger partial charge is 0.507 e. The van der Waals surface area contributed by atoms with Gasteiger partial charge in [0.1, 0.15) is 11.3 Å². The molecule has 0 aliphatic rings. The van der Waals surface area contributed by atoms with Crippen LogP contribution < -0.4 is 16.0 Å². The maximum atomic E-state index is 11.1. The number of para-hydroxylation sites is 1. The number of phenolic OH excluding ortho intramolecular Hbond substituents is 1. The van der Waals surface area contributed by atoms with E-state index in [2.05, 4.69) is 165 Å². The van der Waals surface area contributed by atoms with Crippen molar-refractivity contribution in [1.29, 1.82) is 0 Å². The van der Waals surface area contributed by atoms with Crippen LogP contribution in [0.3, 0.4) is 0 Å². The summed E-state index contributed by atoms with van der Waals surface area (Å²) in [4.78, 5) is 10.3. The zero-order valence-electron chi connectivity index (χ0n) is 34.7. The van der Waals surface area contributed by atoms with Crippen molar-refractivity contribution >= 4 is 34.9 Å². The number of benzene rings is 5. The van der Waals surface area contributed by atoms with E-state index in [9.17, 15) is 5.11 Å². The van der Waals surface area contributed by atoms with Gasteiger partial charge in [0.2, 0.25) is 0 Å². The van der Waals surface area contributed by atoms with Gasteiger partial charge in [0.25, 0.3) is 0 Å². The van der Waals surface area contributed by atoms with E-state index in [1.165, 1.54) is 33.1 Å². The second-order valence-corrected chi connectivity index (χ2v) is 19.7. The standard InChI is InChI=1S/C53H51N2O2P/c1-34(2)44-33-45(35-17-10-9-11-18-35)42-24-26-57-50(42)51(44)58(49-23-14-15-25-54-49)41-20-16-19-36(29-41)46-30-38(31-47(55-46)43-21-12-13-22-48(43)56)37-27-39(52(3,4)5)32-40(28-37)53(6,7)8/h9-34,56H,1-8H3. The average molecular weight is 779 g/mol. The van der Waals surface area contributed by atoms with Crippen molar-refractivity contribution in [2.75, 3.05) is 0 Å². The number of phenols is 1. The lowest BCUT2D eigenvalue weighted by atomic mass is 9.79. The van der Waals surface area contributed by atoms with Crippen LogP contribution in [0.4, 0.5) is 0 Å². The van der Waals surface area contributed by atoms with Crippen LogP contribution >= 0.6 is 7.92 Å². The molecule has 58 heavy (non-hydrogen) atoms. The van der Waals surface area contributed by atoms with Crippen molar-refractivity contribution in [3.05, 3.63) is 169 Å². The van der Waals surface area contributed by atoms with E-state index < -0.39 is 7.92 Å². The van der Waals surface area contributed by atoms with Gasteiger partial charge in [-0.3, -0.25) is 4.98 Å². The van der Waals surface area contributed by atoms with Gasteiger partial charge in [-0.1, -0.05) is 140 Å². The number of hydrogen-bond acceptors (Lipinski definition) is 4. The fourth-order valence-corrected chi connectivity index (χ4v) is 10.3. The molecular formula is C53H51N2O2P. The van der Waals surface area contributed by atoms with Crippen LogP contribution in [-0.2, 0) is 10.8 Å². The Morgan fingerprint density at radius 3 is 1.91 bits per heavy atom. The van der Waals surface area contributed by atoms with Gasteiger partial charge < -0.3 is 9.52 Å². The van der Waals surface area contributed by atoms with Crippen LogP contribution in [0, 0.1) is 0 Å². The van der Waals surface area contributed by atoms with E-state index in [1.54, 1.807) is 6.07 Å². The maximum absolute atomic E-state index is 11.1. The van der Waals surface area contributed by atoms with E-state index in [0.29, 0.717) is 5.56 Å². The zero-order chi connectivity index (χ0) is 40.8. The van der Waals surface area contributed by atoms with Crippen molar-refractivity contribution in [1.82, 2.24) is 9.97 Å². The van der Waals surface area contributed by atoms with Gasteiger partial charge in [-0.15, -0.1) is 0 Å². The molecule has 8 aromatic rings. The highest BCUT2D eigenvalue weighted by atomic mass is 31.1. The molecule has 0 fully saturated rings. The van der Waals surface area contributed by atoms with Gasteiger partial charge in [0.05, 0.1) is 23.1 Å². The molecule has 1 unspecified atom stereocenters. The number of furan rings is 1. The number of aromatic nitrogens is 2. The van der Waals surface area contributed by atoms with Gasteiger partial charge in [-0.05, 0) is 116 Å². The lowest BCUT2D eigenvalue weighted by Gasteiger charge is -2.26. The Hall–Kier alpha value is -5.83. The molecule has 4 nitrogen and oxygen atoms in total. The Balaban J connectivity index is 1.36. The molecule has 290 valence electrons. The van der Waals surface area contributed by atoms with E-state index in [-0.39, 0.29) is 22.5 Å². The van der Waals surface area contributed by atoms with Crippen LogP contribution in [-0.4, -0.2) is 15.1 Å². The lowest BCUT2D eigenvalue weighted by Crippen LogP contribution is -2.26. The molecule has 0 aliphatic carbocycles. The number of nitrogens with zero attached hydrogens (tertiary/aromatic N) is 2. The molecule has 0 aliphatic heterocycles. The number of hydrogen-bond donors (Lipinski definition) is 1. The molecule has 0 saturated carbocycles. The third kappa shape index (κ3) is 7.74. The monoisotopic (exact) mass is 778 g/mol. The smallest absolute Gasteiger partial charge is 0.143 e. The first-order valence-electron chi connectivity index (χ1n) is 20.1. The number of rotatable bonds is 8. The Bertz CT molecular complexity index is 2710. The summed E-state index contributed by atoms with van der Waals surface area (Å²) in [5.74, 6) is 0.428. The summed E-state index contributed by atoms with van der Waals surface area (Å²) in [7, 11) is -1.18. The first-order chi connectivity index (χ1) is 27.8. The maximum Gasteiger partial charge on any atom is 0.143 e. The minimum absolute atomic E-state index is 0.0447. The minimum Gasteiger partial charge on any atom is -0.507 e. The number of aromatic hydroxyl groups is 1. The second kappa shape index (κ2) is 15.5. The van der Waals surface area contributed by atoms with Crippen molar-refractivity contribution in [2.24, 2.45) is 0 Å². The van der Waals surface area contributed by atoms with Gasteiger partial charge in [-0.25, -0.2) is 4.98 Å². The van der Waals surface area contributed by atoms with Gasteiger partial charge in [-0.2, -0.15) is 0 Å². The SMILES string of the molecule is CC(C)c1cc(-c2ccccc2)c2ccoc2c1P(c1cccc(-c2cc(-c3cc(C(C)(C)C)cc(C(C)(C)C)c3)cc(-c3ccccc3O)n2)c1)c1ccccn1. The van der Waals surface area contributed by atoms with E-state index in [4.69, 9.17) is 14.4 Å². The topological polar surface area (TPSA) is 59.2 Å². The quantitative estimate of drug-likeness (QED) is 0.156. The van der Waals surface area contributed by atoms with E-state index in [1.807, 2.05) is 36.7 Å². The predicted octanol–water partition coefficient (Wildman–Crippen LogP) is 13.1. The third-order valence-corrected chi connectivity index (χ3v) is 13.4. The predicted molar refractivity (Wildman–Crippen MR) is 245 cm³/mol. The zero-order valence-corrected chi connectivity index (χ0v) is 35.6. The molecule has 0 amide bonds. The van der Waals surface area contributed by atoms with Crippen molar-refractivity contribution in [3.8, 4) is 50.5 Å². The number of fused-ring (bicyclic) bond motifs is 1. The molecule has 0 saturated heterocycles.